The Kier molecular flexibility index (Phi) is 2.48. The summed E-state index contributed by atoms with van der Waals surface area (Å²) in [6.07, 6.45) is 1.88. The fourth-order valence-electron chi connectivity index (χ4n) is 1.99. The summed E-state index contributed by atoms with van der Waals surface area (Å²) >= 11 is 0. The Balaban J connectivity index is 2.30. The van der Waals surface area contributed by atoms with Crippen LogP contribution in [0.1, 0.15) is 0 Å². The van der Waals surface area contributed by atoms with Crippen molar-refractivity contribution in [3.8, 4) is 11.5 Å². The highest BCUT2D eigenvalue weighted by atomic mass is 15.2. The molecule has 0 radical (unpaired) electrons. The molecule has 2 heterocycles. The highest BCUT2D eigenvalue weighted by Gasteiger charge is 2.10. The van der Waals surface area contributed by atoms with Crippen molar-refractivity contribution >= 4 is 16.7 Å². The highest BCUT2D eigenvalue weighted by Crippen LogP contribution is 2.25. The molecule has 18 heavy (non-hydrogen) atoms. The van der Waals surface area contributed by atoms with Crippen molar-refractivity contribution in [1.82, 2.24) is 15.0 Å². The van der Waals surface area contributed by atoms with Gasteiger partial charge < -0.3 is 9.88 Å². The molecule has 0 aliphatic heterocycles. The van der Waals surface area contributed by atoms with E-state index in [0.29, 0.717) is 0 Å². The van der Waals surface area contributed by atoms with Crippen LogP contribution in [0.5, 0.6) is 0 Å². The SMILES string of the molecule is CN(C)c1nc(-c2ccc[nH]2)nc2ccccc12. The van der Waals surface area contributed by atoms with Crippen molar-refractivity contribution < 1.29 is 0 Å². The molecule has 3 rings (SSSR count). The maximum Gasteiger partial charge on any atom is 0.178 e. The van der Waals surface area contributed by atoms with Crippen molar-refractivity contribution in [2.75, 3.05) is 19.0 Å². The lowest BCUT2D eigenvalue weighted by atomic mass is 10.2. The molecule has 1 N–H and O–H groups in total. The second-order valence-corrected chi connectivity index (χ2v) is 4.37. The molecule has 0 saturated carbocycles. The molecule has 0 saturated heterocycles. The topological polar surface area (TPSA) is 44.8 Å². The Morgan fingerprint density at radius 3 is 2.56 bits per heavy atom. The standard InChI is InChI=1S/C14H14N4/c1-18(2)14-10-6-3-4-7-11(10)16-13(17-14)12-8-5-9-15-12/h3-9,15H,1-2H3. The lowest BCUT2D eigenvalue weighted by Gasteiger charge is -2.14. The molecule has 0 aliphatic rings. The third-order valence-electron chi connectivity index (χ3n) is 2.85. The molecule has 4 heteroatoms. The average molecular weight is 238 g/mol. The normalized spacial score (nSPS) is 10.8. The first-order chi connectivity index (χ1) is 8.75. The van der Waals surface area contributed by atoms with Crippen LogP contribution < -0.4 is 4.90 Å². The van der Waals surface area contributed by atoms with Crippen LogP contribution in [0, 0.1) is 0 Å². The first-order valence-corrected chi connectivity index (χ1v) is 5.83. The predicted octanol–water partition coefficient (Wildman–Crippen LogP) is 2.69. The third kappa shape index (κ3) is 1.72. The van der Waals surface area contributed by atoms with E-state index >= 15 is 0 Å². The van der Waals surface area contributed by atoms with Gasteiger partial charge in [-0.15, -0.1) is 0 Å². The molecular formula is C14H14N4. The van der Waals surface area contributed by atoms with Gasteiger partial charge in [0.1, 0.15) is 5.82 Å². The number of para-hydroxylation sites is 1. The van der Waals surface area contributed by atoms with Gasteiger partial charge in [-0.25, -0.2) is 9.97 Å². The van der Waals surface area contributed by atoms with E-state index in [1.165, 1.54) is 0 Å². The minimum absolute atomic E-state index is 0.724. The number of nitrogens with one attached hydrogen (secondary N) is 1. The van der Waals surface area contributed by atoms with Crippen molar-refractivity contribution in [3.63, 3.8) is 0 Å². The van der Waals surface area contributed by atoms with Crippen LogP contribution in [0.4, 0.5) is 5.82 Å². The monoisotopic (exact) mass is 238 g/mol. The van der Waals surface area contributed by atoms with Gasteiger partial charge in [-0.05, 0) is 24.3 Å². The van der Waals surface area contributed by atoms with Crippen LogP contribution in [0.2, 0.25) is 0 Å². The summed E-state index contributed by atoms with van der Waals surface area (Å²) in [4.78, 5) is 14.4. The summed E-state index contributed by atoms with van der Waals surface area (Å²) in [5, 5.41) is 1.07. The van der Waals surface area contributed by atoms with Crippen LogP contribution in [-0.4, -0.2) is 29.0 Å². The van der Waals surface area contributed by atoms with E-state index in [4.69, 9.17) is 0 Å². The lowest BCUT2D eigenvalue weighted by Crippen LogP contribution is -2.12. The Morgan fingerprint density at radius 1 is 1.00 bits per heavy atom. The number of benzene rings is 1. The molecule has 3 aromatic rings. The molecule has 90 valence electrons. The van der Waals surface area contributed by atoms with Crippen LogP contribution >= 0.6 is 0 Å². The molecule has 0 fully saturated rings. The van der Waals surface area contributed by atoms with Crippen LogP contribution in [0.15, 0.2) is 42.6 Å². The van der Waals surface area contributed by atoms with Crippen molar-refractivity contribution in [1.29, 1.82) is 0 Å². The first-order valence-electron chi connectivity index (χ1n) is 5.83. The lowest BCUT2D eigenvalue weighted by molar-refractivity contribution is 1.06. The molecule has 0 unspecified atom stereocenters. The van der Waals surface area contributed by atoms with E-state index < -0.39 is 0 Å². The number of anilines is 1. The Labute approximate surface area is 105 Å². The average Bonchev–Trinajstić information content (AvgIpc) is 2.91. The number of aromatic nitrogens is 3. The molecule has 0 atom stereocenters. The second-order valence-electron chi connectivity index (χ2n) is 4.37. The van der Waals surface area contributed by atoms with Gasteiger partial charge in [0.05, 0.1) is 11.2 Å². The third-order valence-corrected chi connectivity index (χ3v) is 2.85. The number of rotatable bonds is 2. The maximum atomic E-state index is 4.63. The summed E-state index contributed by atoms with van der Waals surface area (Å²) in [5.74, 6) is 1.66. The minimum Gasteiger partial charge on any atom is -0.362 e. The Hall–Kier alpha value is -2.36. The molecular weight excluding hydrogens is 224 g/mol. The van der Waals surface area contributed by atoms with Gasteiger partial charge in [0.15, 0.2) is 5.82 Å². The zero-order valence-corrected chi connectivity index (χ0v) is 10.4. The first kappa shape index (κ1) is 10.8. The van der Waals surface area contributed by atoms with Gasteiger partial charge >= 0.3 is 0 Å². The van der Waals surface area contributed by atoms with E-state index in [-0.39, 0.29) is 0 Å². The zero-order chi connectivity index (χ0) is 12.5. The summed E-state index contributed by atoms with van der Waals surface area (Å²) in [6, 6.07) is 12.0. The summed E-state index contributed by atoms with van der Waals surface area (Å²) < 4.78 is 0. The largest absolute Gasteiger partial charge is 0.362 e. The van der Waals surface area contributed by atoms with Gasteiger partial charge in [-0.2, -0.15) is 0 Å². The summed E-state index contributed by atoms with van der Waals surface area (Å²) in [7, 11) is 3.99. The van der Waals surface area contributed by atoms with Crippen molar-refractivity contribution in [2.45, 2.75) is 0 Å². The van der Waals surface area contributed by atoms with Gasteiger partial charge in [0.25, 0.3) is 0 Å². The number of H-pyrrole nitrogens is 1. The van der Waals surface area contributed by atoms with Crippen LogP contribution in [-0.2, 0) is 0 Å². The van der Waals surface area contributed by atoms with E-state index in [0.717, 1.165) is 28.2 Å². The zero-order valence-electron chi connectivity index (χ0n) is 10.4. The fourth-order valence-corrected chi connectivity index (χ4v) is 1.99. The Morgan fingerprint density at radius 2 is 1.83 bits per heavy atom. The molecule has 0 spiro atoms. The van der Waals surface area contributed by atoms with E-state index in [1.807, 2.05) is 61.6 Å². The smallest absolute Gasteiger partial charge is 0.178 e. The minimum atomic E-state index is 0.724. The quantitative estimate of drug-likeness (QED) is 0.746. The number of fused-ring (bicyclic) bond motifs is 1. The summed E-state index contributed by atoms with van der Waals surface area (Å²) in [5.41, 5.74) is 1.89. The van der Waals surface area contributed by atoms with Crippen LogP contribution in [0.25, 0.3) is 22.4 Å². The van der Waals surface area contributed by atoms with Gasteiger partial charge in [0, 0.05) is 25.7 Å². The molecule has 0 amide bonds. The van der Waals surface area contributed by atoms with E-state index in [9.17, 15) is 0 Å². The van der Waals surface area contributed by atoms with Gasteiger partial charge in [-0.3, -0.25) is 0 Å². The maximum absolute atomic E-state index is 4.63. The molecule has 4 nitrogen and oxygen atoms in total. The van der Waals surface area contributed by atoms with Gasteiger partial charge in [0.2, 0.25) is 0 Å². The molecule has 1 aromatic carbocycles. The predicted molar refractivity (Wildman–Crippen MR) is 73.7 cm³/mol. The van der Waals surface area contributed by atoms with E-state index in [2.05, 4.69) is 15.0 Å². The number of hydrogen-bond donors (Lipinski definition) is 1. The Bertz CT molecular complexity index is 671. The number of nitrogens with zero attached hydrogens (tertiary/aromatic N) is 3. The highest BCUT2D eigenvalue weighted by molar-refractivity contribution is 5.90. The summed E-state index contributed by atoms with van der Waals surface area (Å²) in [6.45, 7) is 0. The van der Waals surface area contributed by atoms with Crippen molar-refractivity contribution in [3.05, 3.63) is 42.6 Å². The molecule has 0 aliphatic carbocycles. The molecule has 0 bridgehead atoms. The fraction of sp³-hybridized carbons (Fsp3) is 0.143. The van der Waals surface area contributed by atoms with Crippen LogP contribution in [0.3, 0.4) is 0 Å². The number of aromatic amines is 1. The molecule has 2 aromatic heterocycles. The second kappa shape index (κ2) is 4.14. The van der Waals surface area contributed by atoms with E-state index in [1.54, 1.807) is 0 Å². The van der Waals surface area contributed by atoms with Gasteiger partial charge in [-0.1, -0.05) is 12.1 Å². The van der Waals surface area contributed by atoms with Crippen molar-refractivity contribution in [2.24, 2.45) is 0 Å². The number of hydrogen-bond acceptors (Lipinski definition) is 3.